The Balaban J connectivity index is 0. The summed E-state index contributed by atoms with van der Waals surface area (Å²) >= 11 is 0. The van der Waals surface area contributed by atoms with Crippen LogP contribution >= 0.6 is 0 Å². The molecule has 0 radical (unpaired) electrons. The van der Waals surface area contributed by atoms with E-state index in [4.69, 9.17) is 0 Å². The molecule has 0 spiro atoms. The van der Waals surface area contributed by atoms with Gasteiger partial charge in [0, 0.05) is 0 Å². The fourth-order valence-electron chi connectivity index (χ4n) is 1.45. The van der Waals surface area contributed by atoms with Crippen LogP contribution in [0.25, 0.3) is 5.32 Å². The Hall–Kier alpha value is 1.60. The summed E-state index contributed by atoms with van der Waals surface area (Å²) in [4.78, 5) is 0. The van der Waals surface area contributed by atoms with Gasteiger partial charge in [0.05, 0.1) is 0 Å². The molecular formula is C9H20KN. The zero-order valence-corrected chi connectivity index (χ0v) is 12.0. The van der Waals surface area contributed by atoms with Crippen LogP contribution in [0.5, 0.6) is 0 Å². The van der Waals surface area contributed by atoms with E-state index in [2.05, 4.69) is 33.0 Å². The summed E-state index contributed by atoms with van der Waals surface area (Å²) in [5.74, 6) is 1.44. The molecule has 0 rings (SSSR count). The molecule has 1 nitrogen and oxygen atoms in total. The van der Waals surface area contributed by atoms with Gasteiger partial charge in [0.2, 0.25) is 0 Å². The van der Waals surface area contributed by atoms with Crippen molar-refractivity contribution in [3.05, 3.63) is 5.32 Å². The summed E-state index contributed by atoms with van der Waals surface area (Å²) in [6.45, 7) is 8.98. The molecule has 0 aromatic carbocycles. The van der Waals surface area contributed by atoms with Crippen LogP contribution in [0.1, 0.15) is 34.1 Å². The average molecular weight is 181 g/mol. The monoisotopic (exact) mass is 181 g/mol. The Bertz CT molecular complexity index is 83.6. The molecule has 0 N–H and O–H groups in total. The van der Waals surface area contributed by atoms with Crippen LogP contribution in [-0.2, 0) is 0 Å². The van der Waals surface area contributed by atoms with Crippen molar-refractivity contribution in [2.75, 3.05) is 7.05 Å². The van der Waals surface area contributed by atoms with Crippen molar-refractivity contribution in [3.63, 3.8) is 0 Å². The summed E-state index contributed by atoms with van der Waals surface area (Å²) in [5.41, 5.74) is 0. The van der Waals surface area contributed by atoms with Gasteiger partial charge in [-0.3, -0.25) is 0 Å². The molecule has 2 atom stereocenters. The molecule has 0 amide bonds. The molecule has 62 valence electrons. The molecule has 2 unspecified atom stereocenters. The molecule has 11 heavy (non-hydrogen) atoms. The second-order valence-electron chi connectivity index (χ2n) is 3.38. The predicted octanol–water partition coefficient (Wildman–Crippen LogP) is 0.0646. The molecule has 0 aromatic heterocycles. The second kappa shape index (κ2) is 8.21. The maximum atomic E-state index is 4.36. The first-order chi connectivity index (χ1) is 4.63. The van der Waals surface area contributed by atoms with Crippen LogP contribution in [0, 0.1) is 11.8 Å². The first-order valence-electron chi connectivity index (χ1n) is 4.22. The van der Waals surface area contributed by atoms with Crippen LogP contribution in [0.3, 0.4) is 0 Å². The SMILES string of the molecule is CCC(C)C([N-]C)C(C)C.[K+]. The normalized spacial score (nSPS) is 15.8. The zero-order valence-electron chi connectivity index (χ0n) is 8.89. The van der Waals surface area contributed by atoms with Crippen LogP contribution in [0.2, 0.25) is 0 Å². The third kappa shape index (κ3) is 5.78. The van der Waals surface area contributed by atoms with E-state index in [-0.39, 0.29) is 51.4 Å². The van der Waals surface area contributed by atoms with Gasteiger partial charge in [0.15, 0.2) is 0 Å². The maximum absolute atomic E-state index is 4.36. The molecule has 2 heteroatoms. The van der Waals surface area contributed by atoms with Crippen LogP contribution in [0.15, 0.2) is 0 Å². The Morgan fingerprint density at radius 1 is 1.18 bits per heavy atom. The molecule has 0 aliphatic heterocycles. The summed E-state index contributed by atoms with van der Waals surface area (Å²) < 4.78 is 0. The largest absolute Gasteiger partial charge is 1.00 e. The Morgan fingerprint density at radius 3 is 1.73 bits per heavy atom. The van der Waals surface area contributed by atoms with Crippen molar-refractivity contribution in [1.82, 2.24) is 0 Å². The van der Waals surface area contributed by atoms with Crippen molar-refractivity contribution in [2.45, 2.75) is 40.2 Å². The van der Waals surface area contributed by atoms with Crippen LogP contribution in [0.4, 0.5) is 0 Å². The third-order valence-electron chi connectivity index (χ3n) is 2.21. The minimum Gasteiger partial charge on any atom is -0.662 e. The molecule has 0 heterocycles. The average Bonchev–Trinajstić information content (AvgIpc) is 1.88. The smallest absolute Gasteiger partial charge is 0.662 e. The quantitative estimate of drug-likeness (QED) is 0.545. The summed E-state index contributed by atoms with van der Waals surface area (Å²) in [6, 6.07) is 0.560. The minimum atomic E-state index is 0. The number of hydrogen-bond donors (Lipinski definition) is 0. The van der Waals surface area contributed by atoms with Gasteiger partial charge in [-0.25, -0.2) is 0 Å². The molecule has 0 aliphatic rings. The van der Waals surface area contributed by atoms with Gasteiger partial charge in [-0.1, -0.05) is 46.0 Å². The third-order valence-corrected chi connectivity index (χ3v) is 2.21. The van der Waals surface area contributed by atoms with Crippen molar-refractivity contribution < 1.29 is 51.4 Å². The Labute approximate surface area is 114 Å². The topological polar surface area (TPSA) is 14.1 Å². The van der Waals surface area contributed by atoms with Gasteiger partial charge in [-0.2, -0.15) is 7.05 Å². The van der Waals surface area contributed by atoms with Crippen molar-refractivity contribution in [3.8, 4) is 0 Å². The van der Waals surface area contributed by atoms with Crippen molar-refractivity contribution >= 4 is 0 Å². The van der Waals surface area contributed by atoms with Gasteiger partial charge in [0.25, 0.3) is 0 Å². The van der Waals surface area contributed by atoms with E-state index in [0.717, 1.165) is 5.92 Å². The number of nitrogens with zero attached hydrogens (tertiary/aromatic N) is 1. The van der Waals surface area contributed by atoms with Gasteiger partial charge in [-0.15, -0.1) is 6.04 Å². The first kappa shape index (κ1) is 15.1. The predicted molar refractivity (Wildman–Crippen MR) is 47.4 cm³/mol. The maximum Gasteiger partial charge on any atom is 1.00 e. The second-order valence-corrected chi connectivity index (χ2v) is 3.38. The van der Waals surface area contributed by atoms with Gasteiger partial charge in [0.1, 0.15) is 0 Å². The van der Waals surface area contributed by atoms with Crippen molar-refractivity contribution in [1.29, 1.82) is 0 Å². The number of hydrogen-bond acceptors (Lipinski definition) is 0. The molecular weight excluding hydrogens is 161 g/mol. The van der Waals surface area contributed by atoms with Crippen LogP contribution in [-0.4, -0.2) is 13.1 Å². The van der Waals surface area contributed by atoms with E-state index in [1.807, 2.05) is 7.05 Å². The fraction of sp³-hybridized carbons (Fsp3) is 1.00. The van der Waals surface area contributed by atoms with Crippen LogP contribution < -0.4 is 51.4 Å². The van der Waals surface area contributed by atoms with Gasteiger partial charge >= 0.3 is 51.4 Å². The van der Waals surface area contributed by atoms with E-state index in [9.17, 15) is 0 Å². The minimum absolute atomic E-state index is 0. The molecule has 0 aliphatic carbocycles. The van der Waals surface area contributed by atoms with Gasteiger partial charge < -0.3 is 5.32 Å². The standard InChI is InChI=1S/C9H20N.K/c1-6-8(4)9(10-5)7(2)3;/h7-9H,6H2,1-5H3;/q-1;+1. The summed E-state index contributed by atoms with van der Waals surface area (Å²) in [7, 11) is 1.93. The zero-order chi connectivity index (χ0) is 8.15. The Morgan fingerprint density at radius 2 is 1.64 bits per heavy atom. The molecule has 0 saturated carbocycles. The Kier molecular flexibility index (Phi) is 11.3. The van der Waals surface area contributed by atoms with E-state index in [1.165, 1.54) is 6.42 Å². The fourth-order valence-corrected chi connectivity index (χ4v) is 1.45. The summed E-state index contributed by atoms with van der Waals surface area (Å²) in [5, 5.41) is 4.36. The molecule has 0 fully saturated rings. The first-order valence-corrected chi connectivity index (χ1v) is 4.22. The molecule has 0 saturated heterocycles. The van der Waals surface area contributed by atoms with Crippen molar-refractivity contribution in [2.24, 2.45) is 11.8 Å². The number of rotatable bonds is 4. The van der Waals surface area contributed by atoms with E-state index in [1.54, 1.807) is 0 Å². The van der Waals surface area contributed by atoms with E-state index in [0.29, 0.717) is 12.0 Å². The summed E-state index contributed by atoms with van der Waals surface area (Å²) in [6.07, 6.45) is 1.24. The molecule has 0 aromatic rings. The van der Waals surface area contributed by atoms with Gasteiger partial charge in [-0.05, 0) is 0 Å². The van der Waals surface area contributed by atoms with E-state index >= 15 is 0 Å². The van der Waals surface area contributed by atoms with E-state index < -0.39 is 0 Å². The molecule has 0 bridgehead atoms.